The number of aryl methyl sites for hydroxylation is 1. The molecule has 0 saturated carbocycles. The van der Waals surface area contributed by atoms with E-state index in [9.17, 15) is 15.0 Å². The molecule has 3 heterocycles. The summed E-state index contributed by atoms with van der Waals surface area (Å²) < 4.78 is 7.89. The lowest BCUT2D eigenvalue weighted by Gasteiger charge is -2.06. The molecule has 31 heavy (non-hydrogen) atoms. The number of hydrogen-bond donors (Lipinski definition) is 2. The van der Waals surface area contributed by atoms with Crippen molar-refractivity contribution in [3.63, 3.8) is 0 Å². The van der Waals surface area contributed by atoms with Crippen LogP contribution in [-0.2, 0) is 6.42 Å². The lowest BCUT2D eigenvalue weighted by molar-refractivity contribution is 0.103. The number of carbonyl (C=O) groups excluding carboxylic acids is 1. The lowest BCUT2D eigenvalue weighted by Crippen LogP contribution is -2.04. The predicted molar refractivity (Wildman–Crippen MR) is 119 cm³/mol. The maximum atomic E-state index is 13.3. The van der Waals surface area contributed by atoms with Crippen LogP contribution in [0.5, 0.6) is 11.6 Å². The zero-order valence-electron chi connectivity index (χ0n) is 16.6. The van der Waals surface area contributed by atoms with E-state index in [0.717, 1.165) is 16.6 Å². The Balaban J connectivity index is 1.78. The van der Waals surface area contributed by atoms with Crippen LogP contribution in [0.2, 0.25) is 0 Å². The van der Waals surface area contributed by atoms with Crippen LogP contribution in [0.4, 0.5) is 0 Å². The number of ketones is 1. The van der Waals surface area contributed by atoms with Gasteiger partial charge in [-0.05, 0) is 36.2 Å². The summed E-state index contributed by atoms with van der Waals surface area (Å²) in [5, 5.41) is 22.1. The monoisotopic (exact) mass is 430 g/mol. The molecule has 0 spiro atoms. The first-order chi connectivity index (χ1) is 15.1. The van der Waals surface area contributed by atoms with E-state index in [1.807, 2.05) is 12.1 Å². The molecule has 0 fully saturated rings. The molecule has 5 rings (SSSR count). The Morgan fingerprint density at radius 1 is 1.10 bits per heavy atom. The number of furan rings is 1. The predicted octanol–water partition coefficient (Wildman–Crippen LogP) is 5.55. The molecule has 0 aliphatic rings. The summed E-state index contributed by atoms with van der Waals surface area (Å²) in [5.74, 6) is -1.05. The molecule has 0 aliphatic carbocycles. The van der Waals surface area contributed by atoms with E-state index in [1.54, 1.807) is 42.5 Å². The SMILES string of the molecule is CCc1ccc2nc(-n3c(O)c(O)c(C(=O)c4ccccc4)c3-c3ccco3)sc2c1. The van der Waals surface area contributed by atoms with Crippen LogP contribution in [0.25, 0.3) is 26.8 Å². The molecule has 0 saturated heterocycles. The van der Waals surface area contributed by atoms with Gasteiger partial charge in [0.25, 0.3) is 0 Å². The molecular formula is C24H18N2O4S. The molecule has 3 aromatic heterocycles. The van der Waals surface area contributed by atoms with E-state index >= 15 is 0 Å². The highest BCUT2D eigenvalue weighted by Crippen LogP contribution is 2.45. The number of aromatic hydroxyl groups is 2. The zero-order chi connectivity index (χ0) is 21.5. The molecule has 0 amide bonds. The van der Waals surface area contributed by atoms with E-state index in [0.29, 0.717) is 16.5 Å². The summed E-state index contributed by atoms with van der Waals surface area (Å²) >= 11 is 1.36. The van der Waals surface area contributed by atoms with Crippen LogP contribution in [0.1, 0.15) is 28.4 Å². The van der Waals surface area contributed by atoms with Crippen LogP contribution in [0.3, 0.4) is 0 Å². The largest absolute Gasteiger partial charge is 0.503 e. The van der Waals surface area contributed by atoms with E-state index < -0.39 is 17.4 Å². The van der Waals surface area contributed by atoms with Gasteiger partial charge >= 0.3 is 0 Å². The van der Waals surface area contributed by atoms with E-state index in [1.165, 1.54) is 27.7 Å². The maximum Gasteiger partial charge on any atom is 0.242 e. The van der Waals surface area contributed by atoms with E-state index in [4.69, 9.17) is 4.42 Å². The third-order valence-electron chi connectivity index (χ3n) is 5.18. The number of aromatic nitrogens is 2. The number of thiazole rings is 1. The van der Waals surface area contributed by atoms with Crippen molar-refractivity contribution in [2.45, 2.75) is 13.3 Å². The second-order valence-electron chi connectivity index (χ2n) is 7.06. The first-order valence-electron chi connectivity index (χ1n) is 9.78. The second-order valence-corrected chi connectivity index (χ2v) is 8.06. The fraction of sp³-hybridized carbons (Fsp3) is 0.0833. The third kappa shape index (κ3) is 3.10. The van der Waals surface area contributed by atoms with Gasteiger partial charge in [0.15, 0.2) is 22.4 Å². The van der Waals surface area contributed by atoms with Crippen molar-refractivity contribution >= 4 is 27.3 Å². The smallest absolute Gasteiger partial charge is 0.242 e. The van der Waals surface area contributed by atoms with E-state index in [2.05, 4.69) is 18.0 Å². The first kappa shape index (κ1) is 19.1. The molecule has 0 bridgehead atoms. The van der Waals surface area contributed by atoms with Gasteiger partial charge in [0.2, 0.25) is 5.88 Å². The van der Waals surface area contributed by atoms with Gasteiger partial charge in [0.1, 0.15) is 5.69 Å². The maximum absolute atomic E-state index is 13.3. The van der Waals surface area contributed by atoms with Gasteiger partial charge in [-0.1, -0.05) is 54.7 Å². The van der Waals surface area contributed by atoms with Gasteiger partial charge in [-0.2, -0.15) is 0 Å². The minimum absolute atomic E-state index is 0.0350. The highest BCUT2D eigenvalue weighted by atomic mass is 32.1. The molecule has 6 nitrogen and oxygen atoms in total. The summed E-state index contributed by atoms with van der Waals surface area (Å²) in [6.45, 7) is 2.08. The molecule has 154 valence electrons. The molecule has 0 unspecified atom stereocenters. The van der Waals surface area contributed by atoms with Gasteiger partial charge in [0, 0.05) is 5.56 Å². The molecule has 5 aromatic rings. The topological polar surface area (TPSA) is 88.5 Å². The standard InChI is InChI=1S/C24H18N2O4S/c1-2-14-10-11-16-18(13-14)31-24(25-16)26-20(17-9-6-12-30-17)19(22(28)23(26)29)21(27)15-7-4-3-5-8-15/h3-13,28-29H,2H2,1H3. The summed E-state index contributed by atoms with van der Waals surface area (Å²) in [7, 11) is 0. The Morgan fingerprint density at radius 3 is 2.61 bits per heavy atom. The van der Waals surface area contributed by atoms with Gasteiger partial charge in [-0.25, -0.2) is 9.55 Å². The summed E-state index contributed by atoms with van der Waals surface area (Å²) in [4.78, 5) is 17.9. The van der Waals surface area contributed by atoms with E-state index in [-0.39, 0.29) is 11.3 Å². The van der Waals surface area contributed by atoms with Gasteiger partial charge < -0.3 is 14.6 Å². The number of benzene rings is 2. The molecule has 7 heteroatoms. The second kappa shape index (κ2) is 7.45. The van der Waals surface area contributed by atoms with Crippen molar-refractivity contribution in [2.75, 3.05) is 0 Å². The quantitative estimate of drug-likeness (QED) is 0.357. The van der Waals surface area contributed by atoms with Crippen LogP contribution >= 0.6 is 11.3 Å². The van der Waals surface area contributed by atoms with Crippen molar-refractivity contribution in [1.29, 1.82) is 0 Å². The Morgan fingerprint density at radius 2 is 1.90 bits per heavy atom. The fourth-order valence-corrected chi connectivity index (χ4v) is 4.64. The Kier molecular flexibility index (Phi) is 4.60. The van der Waals surface area contributed by atoms with Gasteiger partial charge in [0.05, 0.1) is 22.0 Å². The molecule has 2 aromatic carbocycles. The van der Waals surface area contributed by atoms with Crippen molar-refractivity contribution in [2.24, 2.45) is 0 Å². The van der Waals surface area contributed by atoms with Crippen molar-refractivity contribution < 1.29 is 19.4 Å². The number of hydrogen-bond acceptors (Lipinski definition) is 6. The summed E-state index contributed by atoms with van der Waals surface area (Å²) in [6, 6.07) is 18.0. The number of carbonyl (C=O) groups is 1. The van der Waals surface area contributed by atoms with Gasteiger partial charge in [-0.15, -0.1) is 0 Å². The van der Waals surface area contributed by atoms with Crippen molar-refractivity contribution in [3.05, 3.63) is 83.6 Å². The van der Waals surface area contributed by atoms with Crippen LogP contribution in [-0.4, -0.2) is 25.5 Å². The van der Waals surface area contributed by atoms with Crippen molar-refractivity contribution in [3.8, 4) is 28.2 Å². The van der Waals surface area contributed by atoms with Crippen LogP contribution in [0.15, 0.2) is 71.3 Å². The molecule has 0 atom stereocenters. The summed E-state index contributed by atoms with van der Waals surface area (Å²) in [6.07, 6.45) is 2.37. The normalized spacial score (nSPS) is 11.3. The van der Waals surface area contributed by atoms with Crippen LogP contribution < -0.4 is 0 Å². The molecule has 0 aliphatic heterocycles. The highest BCUT2D eigenvalue weighted by Gasteiger charge is 2.32. The average molecular weight is 430 g/mol. The van der Waals surface area contributed by atoms with Crippen molar-refractivity contribution in [1.82, 2.24) is 9.55 Å². The average Bonchev–Trinajstić information content (AvgIpc) is 3.52. The Bertz CT molecular complexity index is 1400. The third-order valence-corrected chi connectivity index (χ3v) is 6.18. The lowest BCUT2D eigenvalue weighted by atomic mass is 10.0. The highest BCUT2D eigenvalue weighted by molar-refractivity contribution is 7.20. The fourth-order valence-electron chi connectivity index (χ4n) is 3.60. The molecule has 0 radical (unpaired) electrons. The number of nitrogens with zero attached hydrogens (tertiary/aromatic N) is 2. The number of fused-ring (bicyclic) bond motifs is 1. The Hall–Kier alpha value is -3.84. The summed E-state index contributed by atoms with van der Waals surface area (Å²) in [5.41, 5.74) is 2.55. The minimum Gasteiger partial charge on any atom is -0.503 e. The molecule has 2 N–H and O–H groups in total. The molecular weight excluding hydrogens is 412 g/mol. The van der Waals surface area contributed by atoms with Crippen LogP contribution in [0, 0.1) is 0 Å². The Labute approximate surface area is 181 Å². The first-order valence-corrected chi connectivity index (χ1v) is 10.6. The number of rotatable bonds is 5. The van der Waals surface area contributed by atoms with Gasteiger partial charge in [-0.3, -0.25) is 4.79 Å². The zero-order valence-corrected chi connectivity index (χ0v) is 17.4. The minimum atomic E-state index is -0.506.